The number of anilines is 3. The molecule has 0 bridgehead atoms. The largest absolute Gasteiger partial charge is 0.454 e. The smallest absolute Gasteiger partial charge is 0.266 e. The zero-order chi connectivity index (χ0) is 34.3. The Hall–Kier alpha value is -4.77. The van der Waals surface area contributed by atoms with Crippen molar-refractivity contribution in [3.8, 4) is 11.5 Å². The van der Waals surface area contributed by atoms with Crippen molar-refractivity contribution in [2.24, 2.45) is 5.92 Å². The van der Waals surface area contributed by atoms with Crippen molar-refractivity contribution in [3.63, 3.8) is 0 Å². The molecule has 1 saturated heterocycles. The number of carbonyl (C=O) groups is 3. The highest BCUT2D eigenvalue weighted by Crippen LogP contribution is 2.47. The molecule has 0 saturated carbocycles. The Kier molecular flexibility index (Phi) is 8.87. The third kappa shape index (κ3) is 5.83. The quantitative estimate of drug-likeness (QED) is 0.193. The fraction of sp³-hybridized carbons (Fsp3) is 0.256. The van der Waals surface area contributed by atoms with E-state index in [2.05, 4.69) is 15.9 Å². The molecule has 0 aliphatic carbocycles. The summed E-state index contributed by atoms with van der Waals surface area (Å²) in [5.74, 6) is -0.446. The monoisotopic (exact) mass is 721 g/mol. The molecule has 3 amide bonds. The molecule has 0 spiro atoms. The molecular formula is C39H36BrN3O6. The summed E-state index contributed by atoms with van der Waals surface area (Å²) in [6.07, 6.45) is 5.18. The first-order valence-corrected chi connectivity index (χ1v) is 17.2. The SMILES string of the molecule is C[C@@H](/C=C/CC(=O)N1CCC[C@H]1CO)[C@]1(O)C(=O)N(Cc2cccc(N3C(=O)c4ccccc4Oc4ccccc43)c2)c2ccc(Br)cc21. The van der Waals surface area contributed by atoms with Gasteiger partial charge in [-0.05, 0) is 73.0 Å². The van der Waals surface area contributed by atoms with Gasteiger partial charge in [0.1, 0.15) is 5.75 Å². The van der Waals surface area contributed by atoms with Gasteiger partial charge in [0.05, 0.1) is 36.1 Å². The molecule has 0 aromatic heterocycles. The van der Waals surface area contributed by atoms with Crippen LogP contribution in [0.3, 0.4) is 0 Å². The molecule has 49 heavy (non-hydrogen) atoms. The third-order valence-electron chi connectivity index (χ3n) is 9.67. The molecule has 0 unspecified atom stereocenters. The Morgan fingerprint density at radius 2 is 1.78 bits per heavy atom. The molecule has 3 aliphatic heterocycles. The molecular weight excluding hydrogens is 686 g/mol. The summed E-state index contributed by atoms with van der Waals surface area (Å²) < 4.78 is 6.88. The molecule has 10 heteroatoms. The Balaban J connectivity index is 1.17. The molecule has 3 aliphatic rings. The fourth-order valence-corrected chi connectivity index (χ4v) is 7.46. The van der Waals surface area contributed by atoms with Gasteiger partial charge in [-0.2, -0.15) is 0 Å². The van der Waals surface area contributed by atoms with Crippen LogP contribution in [0.5, 0.6) is 11.5 Å². The topological polar surface area (TPSA) is 111 Å². The average molecular weight is 723 g/mol. The van der Waals surface area contributed by atoms with Gasteiger partial charge in [0, 0.05) is 34.6 Å². The molecule has 0 radical (unpaired) electrons. The molecule has 2 N–H and O–H groups in total. The van der Waals surface area contributed by atoms with Crippen LogP contribution in [0.15, 0.2) is 108 Å². The van der Waals surface area contributed by atoms with Gasteiger partial charge < -0.3 is 24.7 Å². The van der Waals surface area contributed by atoms with Crippen LogP contribution in [-0.2, 0) is 21.7 Å². The van der Waals surface area contributed by atoms with Crippen LogP contribution < -0.4 is 14.5 Å². The summed E-state index contributed by atoms with van der Waals surface area (Å²) in [5, 5.41) is 21.8. The molecule has 3 heterocycles. The molecule has 4 aromatic rings. The lowest BCUT2D eigenvalue weighted by Crippen LogP contribution is -2.44. The van der Waals surface area contributed by atoms with Crippen LogP contribution in [0.2, 0.25) is 0 Å². The van der Waals surface area contributed by atoms with E-state index in [1.165, 1.54) is 0 Å². The maximum absolute atomic E-state index is 14.3. The van der Waals surface area contributed by atoms with E-state index in [-0.39, 0.29) is 37.4 Å². The van der Waals surface area contributed by atoms with E-state index >= 15 is 0 Å². The molecule has 1 fully saturated rings. The summed E-state index contributed by atoms with van der Waals surface area (Å²) in [5.41, 5.74) is 1.56. The highest BCUT2D eigenvalue weighted by Gasteiger charge is 2.52. The van der Waals surface area contributed by atoms with Gasteiger partial charge in [0.2, 0.25) is 5.91 Å². The van der Waals surface area contributed by atoms with Gasteiger partial charge in [0.25, 0.3) is 11.8 Å². The van der Waals surface area contributed by atoms with E-state index in [0.717, 1.165) is 22.9 Å². The van der Waals surface area contributed by atoms with Crippen LogP contribution in [0.1, 0.15) is 47.7 Å². The zero-order valence-corrected chi connectivity index (χ0v) is 28.5. The zero-order valence-electron chi connectivity index (χ0n) is 27.0. The number of benzene rings is 4. The van der Waals surface area contributed by atoms with Gasteiger partial charge >= 0.3 is 0 Å². The van der Waals surface area contributed by atoms with Crippen molar-refractivity contribution in [1.29, 1.82) is 0 Å². The fourth-order valence-electron chi connectivity index (χ4n) is 7.10. The number of hydrogen-bond acceptors (Lipinski definition) is 6. The number of rotatable bonds is 8. The van der Waals surface area contributed by atoms with E-state index < -0.39 is 17.4 Å². The maximum Gasteiger partial charge on any atom is 0.266 e. The Morgan fingerprint density at radius 3 is 2.59 bits per heavy atom. The van der Waals surface area contributed by atoms with Crippen LogP contribution in [0.25, 0.3) is 0 Å². The van der Waals surface area contributed by atoms with Crippen LogP contribution >= 0.6 is 15.9 Å². The highest BCUT2D eigenvalue weighted by molar-refractivity contribution is 9.10. The number of halogens is 1. The summed E-state index contributed by atoms with van der Waals surface area (Å²) in [6.45, 7) is 2.47. The van der Waals surface area contributed by atoms with E-state index in [4.69, 9.17) is 4.74 Å². The molecule has 4 aromatic carbocycles. The predicted octanol–water partition coefficient (Wildman–Crippen LogP) is 6.83. The second-order valence-electron chi connectivity index (χ2n) is 12.7. The molecule has 9 nitrogen and oxygen atoms in total. The summed E-state index contributed by atoms with van der Waals surface area (Å²) in [6, 6.07) is 27.2. The predicted molar refractivity (Wildman–Crippen MR) is 190 cm³/mol. The lowest BCUT2D eigenvalue weighted by molar-refractivity contribution is -0.139. The average Bonchev–Trinajstić information content (AvgIpc) is 3.64. The number of ether oxygens (including phenoxy) is 1. The Morgan fingerprint density at radius 1 is 1.00 bits per heavy atom. The number of nitrogens with zero attached hydrogens (tertiary/aromatic N) is 3. The van der Waals surface area contributed by atoms with Gasteiger partial charge in [-0.25, -0.2) is 0 Å². The van der Waals surface area contributed by atoms with E-state index in [1.54, 1.807) is 58.0 Å². The number of aliphatic hydroxyl groups is 2. The number of amides is 3. The third-order valence-corrected chi connectivity index (χ3v) is 10.2. The number of aliphatic hydroxyl groups excluding tert-OH is 1. The van der Waals surface area contributed by atoms with Crippen molar-refractivity contribution in [2.75, 3.05) is 23.0 Å². The van der Waals surface area contributed by atoms with Gasteiger partial charge in [-0.1, -0.05) is 71.4 Å². The summed E-state index contributed by atoms with van der Waals surface area (Å²) in [4.78, 5) is 46.0. The number of carbonyl (C=O) groups excluding carboxylic acids is 3. The lowest BCUT2D eigenvalue weighted by atomic mass is 9.83. The molecule has 7 rings (SSSR count). The van der Waals surface area contributed by atoms with Crippen molar-refractivity contribution < 1.29 is 29.3 Å². The molecule has 3 atom stereocenters. The van der Waals surface area contributed by atoms with E-state index in [0.29, 0.717) is 46.2 Å². The first kappa shape index (κ1) is 32.8. The second-order valence-corrected chi connectivity index (χ2v) is 13.6. The van der Waals surface area contributed by atoms with Crippen LogP contribution in [-0.4, -0.2) is 52.0 Å². The van der Waals surface area contributed by atoms with Gasteiger partial charge in [-0.3, -0.25) is 19.3 Å². The summed E-state index contributed by atoms with van der Waals surface area (Å²) in [7, 11) is 0. The first-order valence-electron chi connectivity index (χ1n) is 16.4. The highest BCUT2D eigenvalue weighted by atomic mass is 79.9. The normalized spacial score (nSPS) is 20.6. The standard InChI is InChI=1S/C39H36BrN3O6/c1-25(9-6-17-36(45)41-20-8-12-29(41)24-44)39(48)31-22-27(40)18-19-32(31)42(38(39)47)23-26-10-7-11-28(21-26)43-33-14-3-5-16-35(33)49-34-15-4-2-13-30(34)37(43)46/h2-7,9-11,13-16,18-19,21-22,25,29,44,48H,8,12,17,20,23-24H2,1H3/b9-6+/t25-,29-,39+/m0/s1. The lowest BCUT2D eigenvalue weighted by Gasteiger charge is -2.28. The van der Waals surface area contributed by atoms with Crippen LogP contribution in [0.4, 0.5) is 17.1 Å². The Bertz CT molecular complexity index is 1980. The minimum atomic E-state index is -1.88. The first-order chi connectivity index (χ1) is 23.7. The maximum atomic E-state index is 14.3. The van der Waals surface area contributed by atoms with Crippen LogP contribution in [0, 0.1) is 5.92 Å². The van der Waals surface area contributed by atoms with Crippen molar-refractivity contribution in [2.45, 2.75) is 44.4 Å². The number of para-hydroxylation sites is 3. The number of hydrogen-bond donors (Lipinski definition) is 2. The number of fused-ring (bicyclic) bond motifs is 3. The van der Waals surface area contributed by atoms with Gasteiger partial charge in [0.15, 0.2) is 11.4 Å². The summed E-state index contributed by atoms with van der Waals surface area (Å²) >= 11 is 3.51. The minimum absolute atomic E-state index is 0.0610. The van der Waals surface area contributed by atoms with Crippen molar-refractivity contribution >= 4 is 50.7 Å². The minimum Gasteiger partial charge on any atom is -0.454 e. The molecule has 250 valence electrons. The van der Waals surface area contributed by atoms with E-state index in [9.17, 15) is 24.6 Å². The van der Waals surface area contributed by atoms with Crippen molar-refractivity contribution in [3.05, 3.63) is 124 Å². The van der Waals surface area contributed by atoms with Gasteiger partial charge in [-0.15, -0.1) is 0 Å². The number of likely N-dealkylation sites (tertiary alicyclic amines) is 1. The van der Waals surface area contributed by atoms with Crippen molar-refractivity contribution in [1.82, 2.24) is 4.90 Å². The van der Waals surface area contributed by atoms with E-state index in [1.807, 2.05) is 66.7 Å². The second kappa shape index (κ2) is 13.3. The Labute approximate surface area is 293 Å².